The molecule has 128 valence electrons. The fraction of sp³-hybridized carbons (Fsp3) is 0.280. The summed E-state index contributed by atoms with van der Waals surface area (Å²) in [5.41, 5.74) is 8.21. The molecule has 1 atom stereocenters. The SMILES string of the molecule is Cc1ccc(C(C)CC(c2ccc(C)cc2)c2ccc(C)cc2)cc1. The summed E-state index contributed by atoms with van der Waals surface area (Å²) in [7, 11) is 0. The van der Waals surface area contributed by atoms with Crippen molar-refractivity contribution >= 4 is 0 Å². The third-order valence-corrected chi connectivity index (χ3v) is 5.20. The smallest absolute Gasteiger partial charge is 0.00950 e. The van der Waals surface area contributed by atoms with Crippen molar-refractivity contribution in [1.82, 2.24) is 0 Å². The van der Waals surface area contributed by atoms with Crippen LogP contribution < -0.4 is 0 Å². The molecule has 0 amide bonds. The van der Waals surface area contributed by atoms with Crippen LogP contribution in [0, 0.1) is 20.8 Å². The lowest BCUT2D eigenvalue weighted by Gasteiger charge is -2.23. The second-order valence-corrected chi connectivity index (χ2v) is 7.42. The number of hydrogen-bond acceptors (Lipinski definition) is 0. The highest BCUT2D eigenvalue weighted by molar-refractivity contribution is 5.36. The maximum atomic E-state index is 2.35. The van der Waals surface area contributed by atoms with Gasteiger partial charge in [0.15, 0.2) is 0 Å². The fourth-order valence-corrected chi connectivity index (χ4v) is 3.45. The van der Waals surface area contributed by atoms with Gasteiger partial charge in [-0.3, -0.25) is 0 Å². The molecule has 25 heavy (non-hydrogen) atoms. The molecule has 0 heteroatoms. The van der Waals surface area contributed by atoms with Gasteiger partial charge in [0.25, 0.3) is 0 Å². The Morgan fingerprint density at radius 3 is 1.20 bits per heavy atom. The van der Waals surface area contributed by atoms with Gasteiger partial charge in [0.05, 0.1) is 0 Å². The van der Waals surface area contributed by atoms with Crippen LogP contribution in [0.2, 0.25) is 0 Å². The van der Waals surface area contributed by atoms with E-state index in [0.29, 0.717) is 11.8 Å². The van der Waals surface area contributed by atoms with Crippen LogP contribution in [0.25, 0.3) is 0 Å². The zero-order valence-corrected chi connectivity index (χ0v) is 15.8. The van der Waals surface area contributed by atoms with Gasteiger partial charge < -0.3 is 0 Å². The van der Waals surface area contributed by atoms with Gasteiger partial charge in [0.1, 0.15) is 0 Å². The van der Waals surface area contributed by atoms with Crippen LogP contribution in [0.15, 0.2) is 72.8 Å². The van der Waals surface area contributed by atoms with E-state index in [4.69, 9.17) is 0 Å². The van der Waals surface area contributed by atoms with Crippen LogP contribution in [0.4, 0.5) is 0 Å². The monoisotopic (exact) mass is 328 g/mol. The molecule has 0 saturated heterocycles. The van der Waals surface area contributed by atoms with Crippen molar-refractivity contribution in [2.75, 3.05) is 0 Å². The second kappa shape index (κ2) is 7.70. The summed E-state index contributed by atoms with van der Waals surface area (Å²) >= 11 is 0. The first kappa shape index (κ1) is 17.5. The van der Waals surface area contributed by atoms with E-state index in [0.717, 1.165) is 6.42 Å². The minimum atomic E-state index is 0.428. The molecule has 3 aromatic rings. The third kappa shape index (κ3) is 4.39. The van der Waals surface area contributed by atoms with E-state index in [2.05, 4.69) is 100 Å². The van der Waals surface area contributed by atoms with Crippen LogP contribution >= 0.6 is 0 Å². The van der Waals surface area contributed by atoms with Crippen molar-refractivity contribution in [2.24, 2.45) is 0 Å². The Balaban J connectivity index is 1.91. The molecule has 0 aliphatic rings. The Bertz CT molecular complexity index is 747. The van der Waals surface area contributed by atoms with E-state index < -0.39 is 0 Å². The van der Waals surface area contributed by atoms with Gasteiger partial charge in [-0.2, -0.15) is 0 Å². The van der Waals surface area contributed by atoms with Crippen LogP contribution in [0.1, 0.15) is 58.6 Å². The van der Waals surface area contributed by atoms with E-state index in [-0.39, 0.29) is 0 Å². The molecule has 3 rings (SSSR count). The topological polar surface area (TPSA) is 0 Å². The number of hydrogen-bond donors (Lipinski definition) is 0. The molecule has 0 aromatic heterocycles. The third-order valence-electron chi connectivity index (χ3n) is 5.20. The summed E-state index contributed by atoms with van der Waals surface area (Å²) in [5, 5.41) is 0. The molecule has 3 aromatic carbocycles. The van der Waals surface area contributed by atoms with Gasteiger partial charge in [0.2, 0.25) is 0 Å². The molecule has 0 N–H and O–H groups in total. The first-order chi connectivity index (χ1) is 12.0. The predicted molar refractivity (Wildman–Crippen MR) is 108 cm³/mol. The number of aryl methyl sites for hydroxylation is 3. The van der Waals surface area contributed by atoms with E-state index in [1.165, 1.54) is 33.4 Å². The highest BCUT2D eigenvalue weighted by atomic mass is 14.2. The molecule has 0 nitrogen and oxygen atoms in total. The Morgan fingerprint density at radius 2 is 0.840 bits per heavy atom. The average Bonchev–Trinajstić information content (AvgIpc) is 2.62. The van der Waals surface area contributed by atoms with Gasteiger partial charge in [-0.1, -0.05) is 96.4 Å². The summed E-state index contributed by atoms with van der Waals surface area (Å²) in [6.45, 7) is 8.80. The first-order valence-electron chi connectivity index (χ1n) is 9.22. The van der Waals surface area contributed by atoms with Gasteiger partial charge in [-0.05, 0) is 49.8 Å². The van der Waals surface area contributed by atoms with Gasteiger partial charge in [-0.15, -0.1) is 0 Å². The summed E-state index contributed by atoms with van der Waals surface area (Å²) in [4.78, 5) is 0. The second-order valence-electron chi connectivity index (χ2n) is 7.42. The van der Waals surface area contributed by atoms with Crippen LogP contribution in [-0.4, -0.2) is 0 Å². The molecule has 1 unspecified atom stereocenters. The quantitative estimate of drug-likeness (QED) is 0.476. The maximum absolute atomic E-state index is 2.35. The minimum Gasteiger partial charge on any atom is -0.0590 e. The maximum Gasteiger partial charge on any atom is 0.00950 e. The minimum absolute atomic E-state index is 0.428. The predicted octanol–water partition coefficient (Wildman–Crippen LogP) is 6.94. The number of rotatable bonds is 5. The number of benzene rings is 3. The van der Waals surface area contributed by atoms with Crippen molar-refractivity contribution in [3.63, 3.8) is 0 Å². The standard InChI is InChI=1S/C25H28/c1-18-5-11-22(12-6-18)21(4)17-25(23-13-7-19(2)8-14-23)24-15-9-20(3)10-16-24/h5-16,21,25H,17H2,1-4H3. The Morgan fingerprint density at radius 1 is 0.520 bits per heavy atom. The highest BCUT2D eigenvalue weighted by Crippen LogP contribution is 2.35. The van der Waals surface area contributed by atoms with Crippen molar-refractivity contribution in [3.8, 4) is 0 Å². The van der Waals surface area contributed by atoms with E-state index in [1.54, 1.807) is 0 Å². The summed E-state index contributed by atoms with van der Waals surface area (Å²) in [5.74, 6) is 0.950. The Hall–Kier alpha value is -2.34. The molecule has 0 saturated carbocycles. The molecule has 0 spiro atoms. The summed E-state index contributed by atoms with van der Waals surface area (Å²) in [6.07, 6.45) is 1.12. The largest absolute Gasteiger partial charge is 0.0590 e. The Kier molecular flexibility index (Phi) is 5.38. The van der Waals surface area contributed by atoms with Crippen LogP contribution in [0.3, 0.4) is 0 Å². The zero-order valence-electron chi connectivity index (χ0n) is 15.8. The van der Waals surface area contributed by atoms with E-state index >= 15 is 0 Å². The lowest BCUT2D eigenvalue weighted by atomic mass is 9.81. The molecule has 0 heterocycles. The molecular formula is C25H28. The first-order valence-corrected chi connectivity index (χ1v) is 9.22. The van der Waals surface area contributed by atoms with Crippen LogP contribution in [-0.2, 0) is 0 Å². The molecule has 0 aliphatic carbocycles. The van der Waals surface area contributed by atoms with Gasteiger partial charge in [-0.25, -0.2) is 0 Å². The van der Waals surface area contributed by atoms with Crippen LogP contribution in [0.5, 0.6) is 0 Å². The lowest BCUT2D eigenvalue weighted by molar-refractivity contribution is 0.616. The average molecular weight is 328 g/mol. The molecule has 0 fully saturated rings. The molecular weight excluding hydrogens is 300 g/mol. The van der Waals surface area contributed by atoms with Crippen molar-refractivity contribution in [1.29, 1.82) is 0 Å². The van der Waals surface area contributed by atoms with Gasteiger partial charge >= 0.3 is 0 Å². The normalized spacial score (nSPS) is 12.4. The van der Waals surface area contributed by atoms with E-state index in [9.17, 15) is 0 Å². The summed E-state index contributed by atoms with van der Waals surface area (Å²) < 4.78 is 0. The summed E-state index contributed by atoms with van der Waals surface area (Å²) in [6, 6.07) is 27.1. The molecule has 0 bridgehead atoms. The fourth-order valence-electron chi connectivity index (χ4n) is 3.45. The van der Waals surface area contributed by atoms with E-state index in [1.807, 2.05) is 0 Å². The Labute approximate surface area is 152 Å². The highest BCUT2D eigenvalue weighted by Gasteiger charge is 2.18. The lowest BCUT2D eigenvalue weighted by Crippen LogP contribution is -2.06. The molecule has 0 aliphatic heterocycles. The van der Waals surface area contributed by atoms with Crippen molar-refractivity contribution in [3.05, 3.63) is 106 Å². The molecule has 0 radical (unpaired) electrons. The zero-order chi connectivity index (χ0) is 17.8. The van der Waals surface area contributed by atoms with Gasteiger partial charge in [0, 0.05) is 5.92 Å². The van der Waals surface area contributed by atoms with Crippen molar-refractivity contribution < 1.29 is 0 Å². The van der Waals surface area contributed by atoms with Crippen molar-refractivity contribution in [2.45, 2.75) is 46.0 Å².